The zero-order chi connectivity index (χ0) is 10.5. The van der Waals surface area contributed by atoms with Crippen LogP contribution in [0.1, 0.15) is 17.7 Å². The van der Waals surface area contributed by atoms with Crippen LogP contribution in [-0.2, 0) is 6.54 Å². The third-order valence-corrected chi connectivity index (χ3v) is 3.42. The molecule has 3 nitrogen and oxygen atoms in total. The minimum atomic E-state index is 0.808. The highest BCUT2D eigenvalue weighted by molar-refractivity contribution is 7.10. The second-order valence-electron chi connectivity index (χ2n) is 3.82. The first-order valence-electron chi connectivity index (χ1n) is 5.44. The SMILES string of the molecule is COc1ccsc1CNCCNC1CC1. The van der Waals surface area contributed by atoms with Gasteiger partial charge in [0.2, 0.25) is 0 Å². The van der Waals surface area contributed by atoms with E-state index < -0.39 is 0 Å². The van der Waals surface area contributed by atoms with E-state index in [1.807, 2.05) is 6.07 Å². The van der Waals surface area contributed by atoms with E-state index in [9.17, 15) is 0 Å². The summed E-state index contributed by atoms with van der Waals surface area (Å²) in [7, 11) is 1.72. The molecule has 1 saturated carbocycles. The summed E-state index contributed by atoms with van der Waals surface area (Å²) in [5.41, 5.74) is 0. The largest absolute Gasteiger partial charge is 0.496 e. The van der Waals surface area contributed by atoms with Crippen molar-refractivity contribution in [3.8, 4) is 5.75 Å². The minimum absolute atomic E-state index is 0.808. The molecule has 0 saturated heterocycles. The Bertz CT molecular complexity index is 297. The van der Waals surface area contributed by atoms with Crippen molar-refractivity contribution in [2.24, 2.45) is 0 Å². The van der Waals surface area contributed by atoms with Gasteiger partial charge in [0.25, 0.3) is 0 Å². The first-order chi connectivity index (χ1) is 7.40. The summed E-state index contributed by atoms with van der Waals surface area (Å²) in [5.74, 6) is 1.00. The summed E-state index contributed by atoms with van der Waals surface area (Å²) in [6.07, 6.45) is 2.72. The first-order valence-corrected chi connectivity index (χ1v) is 6.32. The highest BCUT2D eigenvalue weighted by Crippen LogP contribution is 2.23. The molecular formula is C11H18N2OS. The zero-order valence-corrected chi connectivity index (χ0v) is 9.90. The lowest BCUT2D eigenvalue weighted by molar-refractivity contribution is 0.410. The summed E-state index contributed by atoms with van der Waals surface area (Å²) in [5, 5.41) is 8.96. The molecule has 0 aliphatic heterocycles. The Kier molecular flexibility index (Phi) is 4.00. The molecule has 1 aromatic heterocycles. The van der Waals surface area contributed by atoms with Crippen LogP contribution in [0, 0.1) is 0 Å². The van der Waals surface area contributed by atoms with Gasteiger partial charge in [0.1, 0.15) is 5.75 Å². The molecule has 0 bridgehead atoms. The second-order valence-corrected chi connectivity index (χ2v) is 4.82. The Morgan fingerprint density at radius 1 is 1.47 bits per heavy atom. The van der Waals surface area contributed by atoms with Crippen molar-refractivity contribution < 1.29 is 4.74 Å². The molecule has 1 aliphatic rings. The third-order valence-electron chi connectivity index (χ3n) is 2.52. The maximum Gasteiger partial charge on any atom is 0.134 e. The molecular weight excluding hydrogens is 208 g/mol. The fraction of sp³-hybridized carbons (Fsp3) is 0.636. The van der Waals surface area contributed by atoms with Crippen molar-refractivity contribution in [1.82, 2.24) is 10.6 Å². The maximum absolute atomic E-state index is 5.25. The Morgan fingerprint density at radius 2 is 2.33 bits per heavy atom. The van der Waals surface area contributed by atoms with Crippen LogP contribution in [-0.4, -0.2) is 26.2 Å². The molecule has 1 heterocycles. The van der Waals surface area contributed by atoms with Gasteiger partial charge in [-0.1, -0.05) is 0 Å². The fourth-order valence-electron chi connectivity index (χ4n) is 1.49. The molecule has 1 fully saturated rings. The number of rotatable bonds is 7. The highest BCUT2D eigenvalue weighted by Gasteiger charge is 2.19. The van der Waals surface area contributed by atoms with Crippen molar-refractivity contribution >= 4 is 11.3 Å². The highest BCUT2D eigenvalue weighted by atomic mass is 32.1. The van der Waals surface area contributed by atoms with E-state index >= 15 is 0 Å². The van der Waals surface area contributed by atoms with Gasteiger partial charge in [0.15, 0.2) is 0 Å². The van der Waals surface area contributed by atoms with Crippen LogP contribution in [0.4, 0.5) is 0 Å². The van der Waals surface area contributed by atoms with Crippen molar-refractivity contribution in [3.63, 3.8) is 0 Å². The maximum atomic E-state index is 5.25. The van der Waals surface area contributed by atoms with Crippen molar-refractivity contribution in [3.05, 3.63) is 16.3 Å². The van der Waals surface area contributed by atoms with Crippen molar-refractivity contribution in [1.29, 1.82) is 0 Å². The van der Waals surface area contributed by atoms with Gasteiger partial charge in [-0.15, -0.1) is 11.3 Å². The average molecular weight is 226 g/mol. The molecule has 2 rings (SSSR count). The number of methoxy groups -OCH3 is 1. The van der Waals surface area contributed by atoms with Crippen LogP contribution >= 0.6 is 11.3 Å². The Hall–Kier alpha value is -0.580. The molecule has 0 spiro atoms. The van der Waals surface area contributed by atoms with Crippen LogP contribution < -0.4 is 15.4 Å². The monoisotopic (exact) mass is 226 g/mol. The molecule has 0 atom stereocenters. The molecule has 84 valence electrons. The quantitative estimate of drug-likeness (QED) is 0.693. The molecule has 4 heteroatoms. The van der Waals surface area contributed by atoms with Gasteiger partial charge in [-0.05, 0) is 24.3 Å². The smallest absolute Gasteiger partial charge is 0.134 e. The average Bonchev–Trinajstić information content (AvgIpc) is 2.96. The van der Waals surface area contributed by atoms with E-state index in [0.29, 0.717) is 0 Å². The van der Waals surface area contributed by atoms with Gasteiger partial charge < -0.3 is 15.4 Å². The summed E-state index contributed by atoms with van der Waals surface area (Å²) in [6.45, 7) is 3.00. The summed E-state index contributed by atoms with van der Waals surface area (Å²) in [6, 6.07) is 2.83. The van der Waals surface area contributed by atoms with Crippen molar-refractivity contribution in [2.45, 2.75) is 25.4 Å². The topological polar surface area (TPSA) is 33.3 Å². The molecule has 0 aromatic carbocycles. The fourth-order valence-corrected chi connectivity index (χ4v) is 2.30. The van der Waals surface area contributed by atoms with Gasteiger partial charge in [-0.2, -0.15) is 0 Å². The zero-order valence-electron chi connectivity index (χ0n) is 9.08. The van der Waals surface area contributed by atoms with Crippen LogP contribution in [0.15, 0.2) is 11.4 Å². The number of ether oxygens (including phenoxy) is 1. The van der Waals surface area contributed by atoms with E-state index in [4.69, 9.17) is 4.74 Å². The summed E-state index contributed by atoms with van der Waals surface area (Å²) < 4.78 is 5.25. The van der Waals surface area contributed by atoms with E-state index in [0.717, 1.165) is 31.4 Å². The predicted octanol–water partition coefficient (Wildman–Crippen LogP) is 1.60. The summed E-state index contributed by atoms with van der Waals surface area (Å²) in [4.78, 5) is 1.28. The number of hydrogen-bond donors (Lipinski definition) is 2. The normalized spacial score (nSPS) is 15.5. The van der Waals surface area contributed by atoms with Gasteiger partial charge in [-0.3, -0.25) is 0 Å². The standard InChI is InChI=1S/C11H18N2OS/c1-14-10-4-7-15-11(10)8-12-5-6-13-9-2-3-9/h4,7,9,12-13H,2-3,5-6,8H2,1H3. The molecule has 1 aromatic rings. The lowest BCUT2D eigenvalue weighted by Gasteiger charge is -2.05. The minimum Gasteiger partial charge on any atom is -0.496 e. The van der Waals surface area contributed by atoms with E-state index in [-0.39, 0.29) is 0 Å². The third kappa shape index (κ3) is 3.48. The molecule has 0 unspecified atom stereocenters. The predicted molar refractivity (Wildman–Crippen MR) is 63.6 cm³/mol. The van der Waals surface area contributed by atoms with Crippen LogP contribution in [0.2, 0.25) is 0 Å². The molecule has 0 amide bonds. The molecule has 15 heavy (non-hydrogen) atoms. The van der Waals surface area contributed by atoms with E-state index in [1.165, 1.54) is 17.7 Å². The van der Waals surface area contributed by atoms with Crippen LogP contribution in [0.3, 0.4) is 0 Å². The number of hydrogen-bond acceptors (Lipinski definition) is 4. The molecule has 0 radical (unpaired) electrons. The Balaban J connectivity index is 1.59. The lowest BCUT2D eigenvalue weighted by Crippen LogP contribution is -2.28. The van der Waals surface area contributed by atoms with Crippen LogP contribution in [0.5, 0.6) is 5.75 Å². The van der Waals surface area contributed by atoms with Gasteiger partial charge in [0, 0.05) is 25.7 Å². The second kappa shape index (κ2) is 5.49. The van der Waals surface area contributed by atoms with Gasteiger partial charge in [-0.25, -0.2) is 0 Å². The van der Waals surface area contributed by atoms with Gasteiger partial charge >= 0.3 is 0 Å². The van der Waals surface area contributed by atoms with Crippen molar-refractivity contribution in [2.75, 3.05) is 20.2 Å². The molecule has 1 aliphatic carbocycles. The Morgan fingerprint density at radius 3 is 3.07 bits per heavy atom. The number of nitrogens with one attached hydrogen (secondary N) is 2. The van der Waals surface area contributed by atoms with Crippen LogP contribution in [0.25, 0.3) is 0 Å². The molecule has 2 N–H and O–H groups in total. The summed E-state index contributed by atoms with van der Waals surface area (Å²) >= 11 is 1.74. The van der Waals surface area contributed by atoms with Gasteiger partial charge in [0.05, 0.1) is 12.0 Å². The van der Waals surface area contributed by atoms with E-state index in [1.54, 1.807) is 18.4 Å². The number of thiophene rings is 1. The Labute approximate surface area is 94.8 Å². The first kappa shape index (κ1) is 10.9. The lowest BCUT2D eigenvalue weighted by atomic mass is 10.4. The van der Waals surface area contributed by atoms with E-state index in [2.05, 4.69) is 16.0 Å².